The molecule has 1 atom stereocenters. The molecular formula is C14H14N2O4S. The first-order valence-corrected chi connectivity index (χ1v) is 7.09. The molecule has 2 amide bonds. The minimum absolute atomic E-state index is 0.105. The molecule has 21 heavy (non-hydrogen) atoms. The summed E-state index contributed by atoms with van der Waals surface area (Å²) in [6.07, 6.45) is 0.132. The van der Waals surface area contributed by atoms with Gasteiger partial charge in [-0.25, -0.2) is 9.59 Å². The van der Waals surface area contributed by atoms with Crippen molar-refractivity contribution >= 4 is 29.0 Å². The molecule has 6 nitrogen and oxygen atoms in total. The molecule has 0 saturated heterocycles. The number of hydrogen-bond acceptors (Lipinski definition) is 4. The van der Waals surface area contributed by atoms with Crippen LogP contribution >= 0.6 is 11.3 Å². The summed E-state index contributed by atoms with van der Waals surface area (Å²) < 4.78 is 0. The maximum absolute atomic E-state index is 11.7. The van der Waals surface area contributed by atoms with Gasteiger partial charge < -0.3 is 20.8 Å². The molecule has 0 aliphatic carbocycles. The van der Waals surface area contributed by atoms with Crippen LogP contribution in [0.25, 0.3) is 0 Å². The van der Waals surface area contributed by atoms with Crippen molar-refractivity contribution in [1.29, 1.82) is 0 Å². The van der Waals surface area contributed by atoms with Crippen molar-refractivity contribution < 1.29 is 19.8 Å². The minimum atomic E-state index is -1.12. The van der Waals surface area contributed by atoms with Gasteiger partial charge in [0.1, 0.15) is 11.8 Å². The molecule has 0 aliphatic rings. The van der Waals surface area contributed by atoms with E-state index in [1.165, 1.54) is 23.5 Å². The van der Waals surface area contributed by atoms with Crippen LogP contribution in [0.1, 0.15) is 5.56 Å². The van der Waals surface area contributed by atoms with Crippen LogP contribution in [0, 0.1) is 0 Å². The fourth-order valence-corrected chi connectivity index (χ4v) is 2.32. The molecule has 0 radical (unpaired) electrons. The summed E-state index contributed by atoms with van der Waals surface area (Å²) >= 11 is 1.43. The predicted octanol–water partition coefficient (Wildman–Crippen LogP) is 2.27. The summed E-state index contributed by atoms with van der Waals surface area (Å²) in [6.45, 7) is 0. The van der Waals surface area contributed by atoms with E-state index in [1.807, 2.05) is 0 Å². The van der Waals surface area contributed by atoms with Crippen molar-refractivity contribution in [1.82, 2.24) is 5.32 Å². The number of carbonyl (C=O) groups is 2. The topological polar surface area (TPSA) is 98.7 Å². The molecule has 0 saturated carbocycles. The number of anilines is 1. The van der Waals surface area contributed by atoms with Gasteiger partial charge in [-0.15, -0.1) is 0 Å². The number of carboxylic acids is 1. The molecule has 4 N–H and O–H groups in total. The zero-order valence-electron chi connectivity index (χ0n) is 10.9. The quantitative estimate of drug-likeness (QED) is 0.681. The molecule has 1 aromatic carbocycles. The van der Waals surface area contributed by atoms with Gasteiger partial charge in [-0.2, -0.15) is 11.3 Å². The highest BCUT2D eigenvalue weighted by Crippen LogP contribution is 2.13. The highest BCUT2D eigenvalue weighted by Gasteiger charge is 2.20. The third kappa shape index (κ3) is 4.50. The van der Waals surface area contributed by atoms with Crippen LogP contribution in [0.3, 0.4) is 0 Å². The van der Waals surface area contributed by atoms with E-state index in [9.17, 15) is 19.8 Å². The lowest BCUT2D eigenvalue weighted by molar-refractivity contribution is -0.139. The Morgan fingerprint density at radius 1 is 1.19 bits per heavy atom. The lowest BCUT2D eigenvalue weighted by Crippen LogP contribution is -2.44. The molecule has 0 fully saturated rings. The summed E-state index contributed by atoms with van der Waals surface area (Å²) in [5.41, 5.74) is 1.32. The molecule has 2 aromatic rings. The summed E-state index contributed by atoms with van der Waals surface area (Å²) in [7, 11) is 0. The second kappa shape index (κ2) is 6.76. The van der Waals surface area contributed by atoms with E-state index in [1.54, 1.807) is 29.0 Å². The lowest BCUT2D eigenvalue weighted by atomic mass is 10.1. The van der Waals surface area contributed by atoms with E-state index in [0.717, 1.165) is 0 Å². The summed E-state index contributed by atoms with van der Waals surface area (Å²) in [5, 5.41) is 26.9. The van der Waals surface area contributed by atoms with Crippen LogP contribution in [0.4, 0.5) is 10.5 Å². The average Bonchev–Trinajstić information content (AvgIpc) is 2.93. The SMILES string of the molecule is O=C(Nc1ccsc1)N[C@@H](Cc1ccc(O)cc1)C(=O)O. The highest BCUT2D eigenvalue weighted by molar-refractivity contribution is 7.08. The fraction of sp³-hybridized carbons (Fsp3) is 0.143. The Bertz CT molecular complexity index is 610. The Balaban J connectivity index is 1.97. The Hall–Kier alpha value is -2.54. The van der Waals surface area contributed by atoms with Gasteiger partial charge in [-0.3, -0.25) is 0 Å². The van der Waals surface area contributed by atoms with Crippen molar-refractivity contribution in [3.8, 4) is 5.75 Å². The smallest absolute Gasteiger partial charge is 0.326 e. The van der Waals surface area contributed by atoms with Crippen LogP contribution in [0.2, 0.25) is 0 Å². The van der Waals surface area contributed by atoms with Gasteiger partial charge >= 0.3 is 12.0 Å². The summed E-state index contributed by atoms with van der Waals surface area (Å²) in [5.74, 6) is -1.02. The van der Waals surface area contributed by atoms with Crippen molar-refractivity contribution in [3.63, 3.8) is 0 Å². The van der Waals surface area contributed by atoms with Crippen LogP contribution in [0.15, 0.2) is 41.1 Å². The van der Waals surface area contributed by atoms with Crippen molar-refractivity contribution in [2.45, 2.75) is 12.5 Å². The van der Waals surface area contributed by atoms with Crippen LogP contribution in [0.5, 0.6) is 5.75 Å². The number of carboxylic acid groups (broad SMARTS) is 1. The van der Waals surface area contributed by atoms with Crippen LogP contribution in [-0.2, 0) is 11.2 Å². The number of carbonyl (C=O) groups excluding carboxylic acids is 1. The molecular weight excluding hydrogens is 292 g/mol. The summed E-state index contributed by atoms with van der Waals surface area (Å²) in [4.78, 5) is 23.0. The summed E-state index contributed by atoms with van der Waals surface area (Å²) in [6, 6.07) is 6.28. The molecule has 7 heteroatoms. The number of thiophene rings is 1. The van der Waals surface area contributed by atoms with Crippen molar-refractivity contribution in [2.75, 3.05) is 5.32 Å². The number of aliphatic carboxylic acids is 1. The van der Waals surface area contributed by atoms with Gasteiger partial charge in [0.05, 0.1) is 5.69 Å². The Kier molecular flexibility index (Phi) is 4.78. The predicted molar refractivity (Wildman–Crippen MR) is 79.7 cm³/mol. The standard InChI is InChI=1S/C14H14N2O4S/c17-11-3-1-9(2-4-11)7-12(13(18)19)16-14(20)15-10-5-6-21-8-10/h1-6,8,12,17H,7H2,(H,18,19)(H2,15,16,20)/t12-/m0/s1. The largest absolute Gasteiger partial charge is 0.508 e. The second-order valence-electron chi connectivity index (χ2n) is 4.37. The van der Waals surface area contributed by atoms with Crippen LogP contribution in [-0.4, -0.2) is 28.3 Å². The highest BCUT2D eigenvalue weighted by atomic mass is 32.1. The molecule has 1 aromatic heterocycles. The van der Waals surface area contributed by atoms with Gasteiger partial charge in [0, 0.05) is 11.8 Å². The first-order chi connectivity index (χ1) is 10.0. The number of nitrogens with one attached hydrogen (secondary N) is 2. The Morgan fingerprint density at radius 2 is 1.90 bits per heavy atom. The van der Waals surface area contributed by atoms with E-state index >= 15 is 0 Å². The Labute approximate surface area is 125 Å². The number of hydrogen-bond donors (Lipinski definition) is 4. The monoisotopic (exact) mass is 306 g/mol. The number of amides is 2. The number of rotatable bonds is 5. The third-order valence-electron chi connectivity index (χ3n) is 2.76. The lowest BCUT2D eigenvalue weighted by Gasteiger charge is -2.15. The van der Waals surface area contributed by atoms with Gasteiger partial charge in [-0.1, -0.05) is 12.1 Å². The number of urea groups is 1. The maximum Gasteiger partial charge on any atom is 0.326 e. The van der Waals surface area contributed by atoms with E-state index in [4.69, 9.17) is 0 Å². The van der Waals surface area contributed by atoms with Crippen molar-refractivity contribution in [2.24, 2.45) is 0 Å². The van der Waals surface area contributed by atoms with E-state index < -0.39 is 18.0 Å². The normalized spacial score (nSPS) is 11.6. The van der Waals surface area contributed by atoms with Gasteiger partial charge in [0.15, 0.2) is 0 Å². The first-order valence-electron chi connectivity index (χ1n) is 6.15. The average molecular weight is 306 g/mol. The molecule has 2 rings (SSSR count). The number of phenols is 1. The second-order valence-corrected chi connectivity index (χ2v) is 5.15. The number of benzene rings is 1. The maximum atomic E-state index is 11.7. The molecule has 0 spiro atoms. The van der Waals surface area contributed by atoms with Crippen LogP contribution < -0.4 is 10.6 Å². The van der Waals surface area contributed by atoms with Gasteiger partial charge in [0.2, 0.25) is 0 Å². The third-order valence-corrected chi connectivity index (χ3v) is 3.44. The number of aromatic hydroxyl groups is 1. The molecule has 0 aliphatic heterocycles. The van der Waals surface area contributed by atoms with E-state index in [-0.39, 0.29) is 12.2 Å². The molecule has 0 bridgehead atoms. The van der Waals surface area contributed by atoms with Gasteiger partial charge in [-0.05, 0) is 29.1 Å². The Morgan fingerprint density at radius 3 is 2.48 bits per heavy atom. The van der Waals surface area contributed by atoms with Gasteiger partial charge in [0.25, 0.3) is 0 Å². The zero-order valence-corrected chi connectivity index (χ0v) is 11.8. The molecule has 0 unspecified atom stereocenters. The van der Waals surface area contributed by atoms with E-state index in [0.29, 0.717) is 11.3 Å². The minimum Gasteiger partial charge on any atom is -0.508 e. The van der Waals surface area contributed by atoms with E-state index in [2.05, 4.69) is 10.6 Å². The molecule has 110 valence electrons. The number of phenolic OH excluding ortho intramolecular Hbond substituents is 1. The van der Waals surface area contributed by atoms with Crippen molar-refractivity contribution in [3.05, 3.63) is 46.7 Å². The zero-order chi connectivity index (χ0) is 15.2. The molecule has 1 heterocycles. The first kappa shape index (κ1) is 14.9. The fourth-order valence-electron chi connectivity index (χ4n) is 1.73.